The highest BCUT2D eigenvalue weighted by atomic mass is 35.5. The molecule has 5 nitrogen and oxygen atoms in total. The van der Waals surface area contributed by atoms with Crippen molar-refractivity contribution in [1.29, 1.82) is 0 Å². The number of aromatic amines is 1. The van der Waals surface area contributed by atoms with Gasteiger partial charge in [-0.3, -0.25) is 9.78 Å². The van der Waals surface area contributed by atoms with E-state index in [-0.39, 0.29) is 11.5 Å². The predicted molar refractivity (Wildman–Crippen MR) is 118 cm³/mol. The number of fused-ring (bicyclic) bond motifs is 2. The Morgan fingerprint density at radius 1 is 0.862 bits per heavy atom. The first kappa shape index (κ1) is 17.4. The van der Waals surface area contributed by atoms with Gasteiger partial charge in [0, 0.05) is 11.8 Å². The lowest BCUT2D eigenvalue weighted by Gasteiger charge is -2.11. The monoisotopic (exact) mass is 398 g/mol. The van der Waals surface area contributed by atoms with Crippen molar-refractivity contribution < 1.29 is 0 Å². The second-order valence-corrected chi connectivity index (χ2v) is 7.01. The number of hydrogen-bond acceptors (Lipinski definition) is 4. The summed E-state index contributed by atoms with van der Waals surface area (Å²) in [6, 6.07) is 23.2. The molecule has 0 spiro atoms. The summed E-state index contributed by atoms with van der Waals surface area (Å²) in [4.78, 5) is 24.6. The summed E-state index contributed by atoms with van der Waals surface area (Å²) >= 11 is 6.19. The number of aromatic nitrogens is 3. The van der Waals surface area contributed by atoms with E-state index in [1.807, 2.05) is 54.6 Å². The number of pyridine rings is 1. The number of nitrogens with zero attached hydrogens (tertiary/aromatic N) is 2. The number of benzene rings is 3. The smallest absolute Gasteiger partial charge is 0.262 e. The largest absolute Gasteiger partial charge is 0.324 e. The van der Waals surface area contributed by atoms with Crippen LogP contribution in [0, 0.1) is 0 Å². The van der Waals surface area contributed by atoms with Crippen LogP contribution in [0.1, 0.15) is 0 Å². The van der Waals surface area contributed by atoms with Crippen LogP contribution < -0.4 is 10.9 Å². The van der Waals surface area contributed by atoms with Crippen molar-refractivity contribution in [2.24, 2.45) is 0 Å². The van der Waals surface area contributed by atoms with Gasteiger partial charge >= 0.3 is 0 Å². The van der Waals surface area contributed by atoms with Gasteiger partial charge < -0.3 is 5.32 Å². The molecule has 2 heterocycles. The lowest BCUT2D eigenvalue weighted by atomic mass is 9.97. The summed E-state index contributed by atoms with van der Waals surface area (Å²) in [7, 11) is 0. The van der Waals surface area contributed by atoms with Crippen molar-refractivity contribution in [2.45, 2.75) is 0 Å². The Labute approximate surface area is 171 Å². The number of hydrogen-bond donors (Lipinski definition) is 2. The molecule has 6 heteroatoms. The van der Waals surface area contributed by atoms with Crippen LogP contribution in [0.4, 0.5) is 11.6 Å². The highest BCUT2D eigenvalue weighted by Crippen LogP contribution is 2.31. The molecule has 2 N–H and O–H groups in total. The van der Waals surface area contributed by atoms with Crippen molar-refractivity contribution in [3.05, 3.63) is 94.4 Å². The highest BCUT2D eigenvalue weighted by molar-refractivity contribution is 6.33. The minimum absolute atomic E-state index is 0.263. The lowest BCUT2D eigenvalue weighted by Crippen LogP contribution is -2.13. The van der Waals surface area contributed by atoms with E-state index in [1.54, 1.807) is 12.3 Å². The highest BCUT2D eigenvalue weighted by Gasteiger charge is 2.14. The Kier molecular flexibility index (Phi) is 4.22. The molecule has 0 saturated carbocycles. The second-order valence-electron chi connectivity index (χ2n) is 6.60. The van der Waals surface area contributed by atoms with Gasteiger partial charge in [-0.05, 0) is 34.5 Å². The van der Waals surface area contributed by atoms with E-state index in [2.05, 4.69) is 32.4 Å². The first-order chi connectivity index (χ1) is 14.2. The van der Waals surface area contributed by atoms with Gasteiger partial charge in [0.2, 0.25) is 5.95 Å². The molecular weight excluding hydrogens is 384 g/mol. The molecular formula is C23H15ClN4O. The minimum atomic E-state index is -0.263. The van der Waals surface area contributed by atoms with Crippen LogP contribution in [0.15, 0.2) is 83.8 Å². The lowest BCUT2D eigenvalue weighted by molar-refractivity contribution is 1.14. The zero-order valence-corrected chi connectivity index (χ0v) is 15.9. The number of nitrogens with one attached hydrogen (secondary N) is 2. The van der Waals surface area contributed by atoms with E-state index < -0.39 is 0 Å². The quantitative estimate of drug-likeness (QED) is 0.419. The van der Waals surface area contributed by atoms with Gasteiger partial charge in [-0.25, -0.2) is 4.98 Å². The molecule has 0 fully saturated rings. The zero-order chi connectivity index (χ0) is 19.8. The molecule has 3 aromatic carbocycles. The molecule has 0 aliphatic rings. The van der Waals surface area contributed by atoms with Crippen LogP contribution in [-0.2, 0) is 0 Å². The SMILES string of the molecule is O=c1[nH]c(Nc2ccccc2Cl)nc2nccc(-c3cccc4ccccc34)c12. The molecule has 5 rings (SSSR count). The fraction of sp³-hybridized carbons (Fsp3) is 0. The molecule has 0 aliphatic carbocycles. The average Bonchev–Trinajstić information content (AvgIpc) is 2.74. The average molecular weight is 399 g/mol. The number of anilines is 2. The maximum atomic E-state index is 13.0. The van der Waals surface area contributed by atoms with E-state index >= 15 is 0 Å². The molecule has 29 heavy (non-hydrogen) atoms. The van der Waals surface area contributed by atoms with Gasteiger partial charge in [-0.2, -0.15) is 4.98 Å². The van der Waals surface area contributed by atoms with Gasteiger partial charge in [0.1, 0.15) is 0 Å². The summed E-state index contributed by atoms with van der Waals surface area (Å²) < 4.78 is 0. The molecule has 0 bridgehead atoms. The Balaban J connectivity index is 1.69. The van der Waals surface area contributed by atoms with E-state index in [0.29, 0.717) is 21.7 Å². The molecule has 0 saturated heterocycles. The van der Waals surface area contributed by atoms with Crippen LogP contribution in [0.25, 0.3) is 32.9 Å². The third kappa shape index (κ3) is 3.11. The van der Waals surface area contributed by atoms with E-state index in [0.717, 1.165) is 21.9 Å². The van der Waals surface area contributed by atoms with Gasteiger partial charge in [-0.15, -0.1) is 0 Å². The van der Waals surface area contributed by atoms with Gasteiger partial charge in [0.25, 0.3) is 5.56 Å². The molecule has 0 aliphatic heterocycles. The third-order valence-electron chi connectivity index (χ3n) is 4.81. The topological polar surface area (TPSA) is 70.7 Å². The number of H-pyrrole nitrogens is 1. The summed E-state index contributed by atoms with van der Waals surface area (Å²) in [6.07, 6.45) is 1.67. The van der Waals surface area contributed by atoms with Crippen molar-refractivity contribution in [3.8, 4) is 11.1 Å². The van der Waals surface area contributed by atoms with Crippen LogP contribution in [0.5, 0.6) is 0 Å². The molecule has 5 aromatic rings. The standard InChI is InChI=1S/C23H15ClN4O/c24-18-10-3-4-11-19(18)26-23-27-21-20(22(29)28-23)17(12-13-25-21)16-9-5-7-14-6-1-2-8-15(14)16/h1-13H,(H2,25,26,27,28,29). The van der Waals surface area contributed by atoms with Crippen molar-refractivity contribution in [2.75, 3.05) is 5.32 Å². The maximum absolute atomic E-state index is 13.0. The van der Waals surface area contributed by atoms with Crippen LogP contribution in [0.3, 0.4) is 0 Å². The molecule has 0 unspecified atom stereocenters. The summed E-state index contributed by atoms with van der Waals surface area (Å²) in [6.45, 7) is 0. The normalized spacial score (nSPS) is 11.1. The van der Waals surface area contributed by atoms with Crippen LogP contribution >= 0.6 is 11.6 Å². The zero-order valence-electron chi connectivity index (χ0n) is 15.2. The fourth-order valence-corrected chi connectivity index (χ4v) is 3.68. The number of rotatable bonds is 3. The fourth-order valence-electron chi connectivity index (χ4n) is 3.50. The Morgan fingerprint density at radius 2 is 1.66 bits per heavy atom. The molecule has 0 amide bonds. The van der Waals surface area contributed by atoms with E-state index in [1.165, 1.54) is 0 Å². The van der Waals surface area contributed by atoms with Gasteiger partial charge in [0.05, 0.1) is 16.1 Å². The summed E-state index contributed by atoms with van der Waals surface area (Å²) in [5.74, 6) is 0.290. The minimum Gasteiger partial charge on any atom is -0.324 e. The van der Waals surface area contributed by atoms with Crippen molar-refractivity contribution in [1.82, 2.24) is 15.0 Å². The maximum Gasteiger partial charge on any atom is 0.262 e. The Bertz CT molecular complexity index is 1420. The molecule has 0 radical (unpaired) electrons. The molecule has 140 valence electrons. The number of halogens is 1. The van der Waals surface area contributed by atoms with E-state index in [9.17, 15) is 4.79 Å². The Morgan fingerprint density at radius 3 is 2.55 bits per heavy atom. The predicted octanol–water partition coefficient (Wildman–Crippen LogP) is 5.54. The van der Waals surface area contributed by atoms with Gasteiger partial charge in [-0.1, -0.05) is 66.2 Å². The first-order valence-electron chi connectivity index (χ1n) is 9.09. The second kappa shape index (κ2) is 7.04. The van der Waals surface area contributed by atoms with Crippen LogP contribution in [0.2, 0.25) is 5.02 Å². The van der Waals surface area contributed by atoms with Crippen LogP contribution in [-0.4, -0.2) is 15.0 Å². The molecule has 2 aromatic heterocycles. The Hall–Kier alpha value is -3.70. The summed E-state index contributed by atoms with van der Waals surface area (Å²) in [5.41, 5.74) is 2.52. The van der Waals surface area contributed by atoms with Crippen molar-refractivity contribution >= 4 is 45.0 Å². The summed E-state index contributed by atoms with van der Waals surface area (Å²) in [5, 5.41) is 6.22. The first-order valence-corrected chi connectivity index (χ1v) is 9.47. The van der Waals surface area contributed by atoms with E-state index in [4.69, 9.17) is 11.6 Å². The van der Waals surface area contributed by atoms with Gasteiger partial charge in [0.15, 0.2) is 5.65 Å². The third-order valence-corrected chi connectivity index (χ3v) is 5.14. The molecule has 0 atom stereocenters. The van der Waals surface area contributed by atoms with Crippen molar-refractivity contribution in [3.63, 3.8) is 0 Å². The number of para-hydroxylation sites is 1.